The van der Waals surface area contributed by atoms with Crippen LogP contribution in [0.4, 0.5) is 34.1 Å². The van der Waals surface area contributed by atoms with Gasteiger partial charge in [0, 0.05) is 46.9 Å². The summed E-state index contributed by atoms with van der Waals surface area (Å²) < 4.78 is 33.2. The maximum absolute atomic E-state index is 7.33. The van der Waals surface area contributed by atoms with E-state index in [-0.39, 0.29) is 23.5 Å². The van der Waals surface area contributed by atoms with Crippen LogP contribution in [0.25, 0.3) is 11.0 Å². The maximum atomic E-state index is 7.33. The van der Waals surface area contributed by atoms with Crippen LogP contribution >= 0.6 is 0 Å². The molecule has 0 saturated heterocycles. The number of benzene rings is 5. The number of aryl methyl sites for hydroxylation is 3. The molecule has 314 valence electrons. The number of anilines is 6. The summed E-state index contributed by atoms with van der Waals surface area (Å²) in [6, 6.07) is 23.1. The third kappa shape index (κ3) is 6.21. The standard InChI is InChI=1S/C53H59BN2O5/c1-29(2)34-24-40-46-41(25-34)56(48-32(5)23-45-50(33(48)6)60-20-14-19-59-45)49-37-26-35(52(7,8)9)15-16-42(37)61-51(49)54(46)38-27-43-44(58-18-13-17-57-43)28-39(38)55(40)47-30(3)21-36(22-31(47)4)53(10,11)12/h15-16,21-29H,13-14,17-20H2,1-12H3. The van der Waals surface area contributed by atoms with Crippen LogP contribution in [0.1, 0.15) is 113 Å². The Balaban J connectivity index is 1.36. The summed E-state index contributed by atoms with van der Waals surface area (Å²) in [5.41, 5.74) is 19.3. The second-order valence-electron chi connectivity index (χ2n) is 20.2. The molecule has 0 saturated carbocycles. The van der Waals surface area contributed by atoms with Crippen LogP contribution in [0.5, 0.6) is 23.0 Å². The summed E-state index contributed by atoms with van der Waals surface area (Å²) in [7, 11) is 0. The average molecular weight is 815 g/mol. The number of ether oxygens (including phenoxy) is 4. The highest BCUT2D eigenvalue weighted by Crippen LogP contribution is 2.53. The van der Waals surface area contributed by atoms with Crippen LogP contribution in [0, 0.1) is 27.7 Å². The van der Waals surface area contributed by atoms with Gasteiger partial charge in [-0.15, -0.1) is 0 Å². The van der Waals surface area contributed by atoms with E-state index in [2.05, 4.69) is 154 Å². The van der Waals surface area contributed by atoms with Crippen molar-refractivity contribution in [3.05, 3.63) is 99.6 Å². The normalized spacial score (nSPS) is 15.7. The van der Waals surface area contributed by atoms with Gasteiger partial charge in [-0.25, -0.2) is 0 Å². The molecule has 0 atom stereocenters. The molecular weight excluding hydrogens is 755 g/mol. The minimum absolute atomic E-state index is 0.00158. The van der Waals surface area contributed by atoms with Crippen LogP contribution in [-0.4, -0.2) is 33.1 Å². The fourth-order valence-corrected chi connectivity index (χ4v) is 10.1. The summed E-state index contributed by atoms with van der Waals surface area (Å²) in [6.45, 7) is 29.5. The number of fused-ring (bicyclic) bond motifs is 8. The molecule has 0 unspecified atom stereocenters. The fourth-order valence-electron chi connectivity index (χ4n) is 10.1. The van der Waals surface area contributed by atoms with Crippen molar-refractivity contribution >= 4 is 68.4 Å². The molecule has 0 bridgehead atoms. The molecular formula is C53H59BN2O5. The Morgan fingerprint density at radius 1 is 0.574 bits per heavy atom. The first-order chi connectivity index (χ1) is 29.0. The first kappa shape index (κ1) is 39.6. The van der Waals surface area contributed by atoms with E-state index in [0.29, 0.717) is 26.4 Å². The summed E-state index contributed by atoms with van der Waals surface area (Å²) in [5, 5.41) is 1.10. The molecule has 5 aromatic carbocycles. The van der Waals surface area contributed by atoms with Gasteiger partial charge in [0.1, 0.15) is 5.58 Å². The molecule has 7 nitrogen and oxygen atoms in total. The monoisotopic (exact) mass is 814 g/mol. The number of furan rings is 1. The van der Waals surface area contributed by atoms with E-state index in [9.17, 15) is 0 Å². The van der Waals surface area contributed by atoms with Gasteiger partial charge in [-0.05, 0) is 125 Å². The van der Waals surface area contributed by atoms with Gasteiger partial charge < -0.3 is 33.2 Å². The Morgan fingerprint density at radius 3 is 1.80 bits per heavy atom. The SMILES string of the molecule is Cc1cc(C(C)(C)C)cc(C)c1N1c2cc3c(cc2B2c4oc5ccc(C(C)(C)C)cc5c4N(c4c(C)cc5c(c4C)OCCCO5)c4cc(C(C)C)cc1c42)OCCCO3. The van der Waals surface area contributed by atoms with E-state index < -0.39 is 0 Å². The first-order valence-electron chi connectivity index (χ1n) is 22.3. The minimum atomic E-state index is -0.234. The second-order valence-corrected chi connectivity index (χ2v) is 20.2. The Morgan fingerprint density at radius 2 is 1.16 bits per heavy atom. The Kier molecular flexibility index (Phi) is 9.11. The molecule has 1 aromatic heterocycles. The Hall–Kier alpha value is -5.50. The van der Waals surface area contributed by atoms with Crippen molar-refractivity contribution in [1.29, 1.82) is 0 Å². The van der Waals surface area contributed by atoms with Crippen molar-refractivity contribution in [2.75, 3.05) is 36.2 Å². The van der Waals surface area contributed by atoms with Gasteiger partial charge in [-0.3, -0.25) is 0 Å². The number of rotatable bonds is 3. The molecule has 0 fully saturated rings. The molecule has 8 heteroatoms. The quantitative estimate of drug-likeness (QED) is 0.165. The number of hydrogen-bond acceptors (Lipinski definition) is 7. The van der Waals surface area contributed by atoms with Crippen molar-refractivity contribution in [3.63, 3.8) is 0 Å². The van der Waals surface area contributed by atoms with E-state index in [0.717, 1.165) is 97.5 Å². The zero-order valence-electron chi connectivity index (χ0n) is 38.1. The van der Waals surface area contributed by atoms with E-state index in [1.807, 2.05) is 0 Å². The molecule has 10 rings (SSSR count). The molecule has 4 aliphatic rings. The molecule has 6 aromatic rings. The van der Waals surface area contributed by atoms with Crippen LogP contribution in [-0.2, 0) is 10.8 Å². The molecule has 0 amide bonds. The molecule has 0 radical (unpaired) electrons. The smallest absolute Gasteiger partial charge is 0.297 e. The van der Waals surface area contributed by atoms with Gasteiger partial charge in [0.15, 0.2) is 23.0 Å². The van der Waals surface area contributed by atoms with Gasteiger partial charge in [-0.1, -0.05) is 73.6 Å². The average Bonchev–Trinajstić information content (AvgIpc) is 3.31. The maximum Gasteiger partial charge on any atom is 0.297 e. The number of nitrogens with zero attached hydrogens (tertiary/aromatic N) is 2. The van der Waals surface area contributed by atoms with Crippen LogP contribution in [0.15, 0.2) is 65.1 Å². The summed E-state index contributed by atoms with van der Waals surface area (Å²) in [5.74, 6) is 3.43. The van der Waals surface area contributed by atoms with Crippen LogP contribution < -0.4 is 45.3 Å². The molecule has 61 heavy (non-hydrogen) atoms. The Labute approximate surface area is 362 Å². The van der Waals surface area contributed by atoms with Gasteiger partial charge in [0.2, 0.25) is 0 Å². The lowest BCUT2D eigenvalue weighted by Crippen LogP contribution is -2.61. The van der Waals surface area contributed by atoms with Gasteiger partial charge in [-0.2, -0.15) is 0 Å². The van der Waals surface area contributed by atoms with Crippen LogP contribution in [0.2, 0.25) is 0 Å². The van der Waals surface area contributed by atoms with Crippen molar-refractivity contribution in [1.82, 2.24) is 0 Å². The van der Waals surface area contributed by atoms with Crippen molar-refractivity contribution in [2.24, 2.45) is 0 Å². The Bertz CT molecular complexity index is 2760. The van der Waals surface area contributed by atoms with Crippen molar-refractivity contribution < 1.29 is 23.4 Å². The third-order valence-corrected chi connectivity index (χ3v) is 13.3. The summed E-state index contributed by atoms with van der Waals surface area (Å²) in [4.78, 5) is 5.04. The lowest BCUT2D eigenvalue weighted by Gasteiger charge is -2.44. The highest BCUT2D eigenvalue weighted by Gasteiger charge is 2.49. The lowest BCUT2D eigenvalue weighted by atomic mass is 9.35. The lowest BCUT2D eigenvalue weighted by molar-refractivity contribution is 0.296. The molecule has 5 heterocycles. The highest BCUT2D eigenvalue weighted by molar-refractivity contribution is 7.00. The van der Waals surface area contributed by atoms with Gasteiger partial charge in [0.25, 0.3) is 6.71 Å². The van der Waals surface area contributed by atoms with E-state index in [4.69, 9.17) is 23.4 Å². The molecule has 0 aliphatic carbocycles. The topological polar surface area (TPSA) is 56.5 Å². The predicted octanol–water partition coefficient (Wildman–Crippen LogP) is 11.8. The minimum Gasteiger partial charge on any atom is -0.490 e. The number of hydrogen-bond donors (Lipinski definition) is 0. The fraction of sp³-hybridized carbons (Fsp3) is 0.396. The van der Waals surface area contributed by atoms with Gasteiger partial charge in [0.05, 0.1) is 49.1 Å². The van der Waals surface area contributed by atoms with E-state index in [1.165, 1.54) is 39.0 Å². The van der Waals surface area contributed by atoms with Crippen molar-refractivity contribution in [2.45, 2.75) is 113 Å². The molecule has 4 aliphatic heterocycles. The van der Waals surface area contributed by atoms with Crippen LogP contribution in [0.3, 0.4) is 0 Å². The van der Waals surface area contributed by atoms with Gasteiger partial charge >= 0.3 is 0 Å². The first-order valence-corrected chi connectivity index (χ1v) is 22.3. The van der Waals surface area contributed by atoms with Crippen molar-refractivity contribution in [3.8, 4) is 23.0 Å². The molecule has 0 spiro atoms. The third-order valence-electron chi connectivity index (χ3n) is 13.3. The predicted molar refractivity (Wildman–Crippen MR) is 252 cm³/mol. The zero-order valence-corrected chi connectivity index (χ0v) is 38.1. The second kappa shape index (κ2) is 14.0. The zero-order chi connectivity index (χ0) is 42.9. The largest absolute Gasteiger partial charge is 0.490 e. The van der Waals surface area contributed by atoms with E-state index >= 15 is 0 Å². The highest BCUT2D eigenvalue weighted by atomic mass is 16.5. The molecule has 0 N–H and O–H groups in total. The summed E-state index contributed by atoms with van der Waals surface area (Å²) >= 11 is 0. The van der Waals surface area contributed by atoms with E-state index in [1.54, 1.807) is 0 Å². The summed E-state index contributed by atoms with van der Waals surface area (Å²) in [6.07, 6.45) is 1.67.